The van der Waals surface area contributed by atoms with Gasteiger partial charge in [0.15, 0.2) is 0 Å². The Morgan fingerprint density at radius 3 is 2.39 bits per heavy atom. The standard InChI is InChI=1S/C22H18F4N4O3/c23-14-3-6-17(16(11-14)22(24,25)26)29-15-4-1-13(2-5-15)12-27-20(32)21(8-9-21)30-19(31)18-7-10-28-33-18/h1-7,10-11,29H,8-9,12H2,(H,27,32)(H,30,31). The first-order chi connectivity index (χ1) is 15.7. The molecule has 7 nitrogen and oxygen atoms in total. The van der Waals surface area contributed by atoms with Gasteiger partial charge in [-0.3, -0.25) is 9.59 Å². The summed E-state index contributed by atoms with van der Waals surface area (Å²) in [5.74, 6) is -1.86. The summed E-state index contributed by atoms with van der Waals surface area (Å²) in [7, 11) is 0. The van der Waals surface area contributed by atoms with Crippen LogP contribution in [0.15, 0.2) is 59.3 Å². The van der Waals surface area contributed by atoms with Gasteiger partial charge in [-0.05, 0) is 48.7 Å². The third-order valence-corrected chi connectivity index (χ3v) is 5.17. The number of aromatic nitrogens is 1. The van der Waals surface area contributed by atoms with Crippen molar-refractivity contribution in [3.63, 3.8) is 0 Å². The molecule has 0 unspecified atom stereocenters. The number of halogens is 4. The molecular weight excluding hydrogens is 444 g/mol. The molecule has 11 heteroatoms. The van der Waals surface area contributed by atoms with E-state index in [9.17, 15) is 27.2 Å². The highest BCUT2D eigenvalue weighted by Gasteiger charge is 2.51. The Labute approximate surface area is 185 Å². The molecule has 1 aliphatic carbocycles. The van der Waals surface area contributed by atoms with E-state index in [1.165, 1.54) is 12.3 Å². The summed E-state index contributed by atoms with van der Waals surface area (Å²) < 4.78 is 57.5. The highest BCUT2D eigenvalue weighted by Crippen LogP contribution is 2.37. The number of alkyl halides is 3. The van der Waals surface area contributed by atoms with Gasteiger partial charge in [0.05, 0.1) is 17.4 Å². The van der Waals surface area contributed by atoms with Gasteiger partial charge in [-0.2, -0.15) is 13.2 Å². The molecule has 0 atom stereocenters. The molecule has 3 aromatic rings. The summed E-state index contributed by atoms with van der Waals surface area (Å²) in [4.78, 5) is 24.7. The SMILES string of the molecule is O=C(NC1(C(=O)NCc2ccc(Nc3ccc(F)cc3C(F)(F)F)cc2)CC1)c1ccno1. The van der Waals surface area contributed by atoms with Gasteiger partial charge in [-0.15, -0.1) is 0 Å². The Hall–Kier alpha value is -3.89. The van der Waals surface area contributed by atoms with Crippen LogP contribution in [-0.2, 0) is 17.5 Å². The van der Waals surface area contributed by atoms with E-state index >= 15 is 0 Å². The second-order valence-electron chi connectivity index (χ2n) is 7.61. The predicted molar refractivity (Wildman–Crippen MR) is 109 cm³/mol. The highest BCUT2D eigenvalue weighted by molar-refractivity contribution is 5.99. The van der Waals surface area contributed by atoms with Crippen molar-refractivity contribution in [2.24, 2.45) is 0 Å². The number of nitrogens with zero attached hydrogens (tertiary/aromatic N) is 1. The fraction of sp³-hybridized carbons (Fsp3) is 0.227. The Balaban J connectivity index is 1.35. The molecule has 2 aromatic carbocycles. The minimum atomic E-state index is -4.71. The minimum Gasteiger partial charge on any atom is -0.355 e. The van der Waals surface area contributed by atoms with Crippen LogP contribution >= 0.6 is 0 Å². The second kappa shape index (κ2) is 8.57. The summed E-state index contributed by atoms with van der Waals surface area (Å²) in [6, 6.07) is 10.1. The number of hydrogen-bond acceptors (Lipinski definition) is 5. The second-order valence-corrected chi connectivity index (χ2v) is 7.61. The molecule has 0 bridgehead atoms. The quantitative estimate of drug-likeness (QED) is 0.459. The van der Waals surface area contributed by atoms with Crippen LogP contribution < -0.4 is 16.0 Å². The maximum absolute atomic E-state index is 13.3. The first-order valence-corrected chi connectivity index (χ1v) is 9.90. The van der Waals surface area contributed by atoms with Crippen LogP contribution in [0.4, 0.5) is 28.9 Å². The van der Waals surface area contributed by atoms with Gasteiger partial charge >= 0.3 is 6.18 Å². The smallest absolute Gasteiger partial charge is 0.355 e. The van der Waals surface area contributed by atoms with Crippen LogP contribution in [0.2, 0.25) is 0 Å². The minimum absolute atomic E-state index is 0.00648. The molecule has 1 saturated carbocycles. The first-order valence-electron chi connectivity index (χ1n) is 9.90. The van der Waals surface area contributed by atoms with Gasteiger partial charge in [-0.1, -0.05) is 17.3 Å². The van der Waals surface area contributed by atoms with Crippen LogP contribution in [-0.4, -0.2) is 22.5 Å². The summed E-state index contributed by atoms with van der Waals surface area (Å²) >= 11 is 0. The van der Waals surface area contributed by atoms with Crippen molar-refractivity contribution >= 4 is 23.2 Å². The number of carbonyl (C=O) groups is 2. The number of benzene rings is 2. The normalized spacial score (nSPS) is 14.4. The largest absolute Gasteiger partial charge is 0.418 e. The molecule has 33 heavy (non-hydrogen) atoms. The van der Waals surface area contributed by atoms with Crippen molar-refractivity contribution in [2.45, 2.75) is 31.1 Å². The predicted octanol–water partition coefficient (Wildman–Crippen LogP) is 4.15. The fourth-order valence-corrected chi connectivity index (χ4v) is 3.22. The molecule has 0 saturated heterocycles. The number of amides is 2. The zero-order valence-corrected chi connectivity index (χ0v) is 17.0. The lowest BCUT2D eigenvalue weighted by Gasteiger charge is -2.17. The van der Waals surface area contributed by atoms with Crippen LogP contribution in [0.3, 0.4) is 0 Å². The molecule has 0 spiro atoms. The molecule has 3 N–H and O–H groups in total. The zero-order chi connectivity index (χ0) is 23.6. The number of nitrogens with one attached hydrogen (secondary N) is 3. The molecule has 172 valence electrons. The maximum Gasteiger partial charge on any atom is 0.418 e. The third kappa shape index (κ3) is 5.13. The highest BCUT2D eigenvalue weighted by atomic mass is 19.4. The zero-order valence-electron chi connectivity index (χ0n) is 17.0. The monoisotopic (exact) mass is 462 g/mol. The van der Waals surface area contributed by atoms with E-state index in [1.807, 2.05) is 0 Å². The van der Waals surface area contributed by atoms with Crippen LogP contribution in [0.25, 0.3) is 0 Å². The number of rotatable bonds is 7. The molecule has 2 amide bonds. The summed E-state index contributed by atoms with van der Waals surface area (Å²) in [5, 5.41) is 11.5. The Morgan fingerprint density at radius 1 is 1.06 bits per heavy atom. The molecule has 0 radical (unpaired) electrons. The molecule has 1 aromatic heterocycles. The summed E-state index contributed by atoms with van der Waals surface area (Å²) in [5.41, 5.74) is -1.33. The van der Waals surface area contributed by atoms with Crippen molar-refractivity contribution in [3.8, 4) is 0 Å². The van der Waals surface area contributed by atoms with Gasteiger partial charge in [0.25, 0.3) is 5.91 Å². The van der Waals surface area contributed by atoms with Crippen molar-refractivity contribution in [1.82, 2.24) is 15.8 Å². The van der Waals surface area contributed by atoms with Gasteiger partial charge in [0.1, 0.15) is 11.4 Å². The Bertz CT molecular complexity index is 1160. The molecular formula is C22H18F4N4O3. The van der Waals surface area contributed by atoms with Gasteiger partial charge in [0, 0.05) is 18.3 Å². The average molecular weight is 462 g/mol. The summed E-state index contributed by atoms with van der Waals surface area (Å²) in [6.45, 7) is 0.156. The Kier molecular flexibility index (Phi) is 5.79. The van der Waals surface area contributed by atoms with E-state index in [4.69, 9.17) is 4.52 Å². The van der Waals surface area contributed by atoms with Crippen LogP contribution in [0.1, 0.15) is 34.5 Å². The topological polar surface area (TPSA) is 96.3 Å². The molecule has 1 heterocycles. The molecule has 4 rings (SSSR count). The number of anilines is 2. The lowest BCUT2D eigenvalue weighted by molar-refractivity contribution is -0.137. The van der Waals surface area contributed by atoms with Crippen molar-refractivity contribution < 1.29 is 31.7 Å². The molecule has 1 fully saturated rings. The van der Waals surface area contributed by atoms with Crippen molar-refractivity contribution in [2.75, 3.05) is 5.32 Å². The lowest BCUT2D eigenvalue weighted by Crippen LogP contribution is -2.48. The summed E-state index contributed by atoms with van der Waals surface area (Å²) in [6.07, 6.45) is -2.41. The molecule has 0 aliphatic heterocycles. The van der Waals surface area contributed by atoms with E-state index in [1.54, 1.807) is 24.3 Å². The van der Waals surface area contributed by atoms with Gasteiger partial charge < -0.3 is 20.5 Å². The lowest BCUT2D eigenvalue weighted by atomic mass is 10.1. The van der Waals surface area contributed by atoms with E-state index in [0.29, 0.717) is 30.2 Å². The number of hydrogen-bond donors (Lipinski definition) is 3. The van der Waals surface area contributed by atoms with E-state index in [2.05, 4.69) is 21.1 Å². The van der Waals surface area contributed by atoms with E-state index in [0.717, 1.165) is 12.1 Å². The van der Waals surface area contributed by atoms with E-state index < -0.39 is 29.0 Å². The Morgan fingerprint density at radius 2 is 1.79 bits per heavy atom. The van der Waals surface area contributed by atoms with Gasteiger partial charge in [-0.25, -0.2) is 4.39 Å². The first kappa shape index (κ1) is 22.3. The fourth-order valence-electron chi connectivity index (χ4n) is 3.22. The van der Waals surface area contributed by atoms with Crippen LogP contribution in [0.5, 0.6) is 0 Å². The van der Waals surface area contributed by atoms with Gasteiger partial charge in [0.2, 0.25) is 11.7 Å². The maximum atomic E-state index is 13.3. The van der Waals surface area contributed by atoms with E-state index in [-0.39, 0.29) is 23.9 Å². The average Bonchev–Trinajstić information content (AvgIpc) is 3.33. The van der Waals surface area contributed by atoms with Crippen molar-refractivity contribution in [1.29, 1.82) is 0 Å². The number of carbonyl (C=O) groups excluding carboxylic acids is 2. The molecule has 1 aliphatic rings. The van der Waals surface area contributed by atoms with Crippen LogP contribution in [0, 0.1) is 5.82 Å². The third-order valence-electron chi connectivity index (χ3n) is 5.17. The van der Waals surface area contributed by atoms with Crippen molar-refractivity contribution in [3.05, 3.63) is 77.4 Å².